The Morgan fingerprint density at radius 1 is 0.837 bits per heavy atom. The van der Waals surface area contributed by atoms with Crippen LogP contribution in [0.25, 0.3) is 0 Å². The largest absolute Gasteiger partial charge is 0.497 e. The maximum atomic E-state index is 12.6. The lowest BCUT2D eigenvalue weighted by atomic mass is 9.71. The van der Waals surface area contributed by atoms with Gasteiger partial charge in [-0.05, 0) is 73.5 Å². The highest BCUT2D eigenvalue weighted by molar-refractivity contribution is 5.78. The molecule has 2 aromatic rings. The van der Waals surface area contributed by atoms with Gasteiger partial charge < -0.3 is 19.8 Å². The van der Waals surface area contributed by atoms with Gasteiger partial charge in [0, 0.05) is 32.0 Å². The van der Waals surface area contributed by atoms with Gasteiger partial charge in [0.05, 0.1) is 13.5 Å². The van der Waals surface area contributed by atoms with Crippen molar-refractivity contribution < 1.29 is 55.7 Å². The van der Waals surface area contributed by atoms with Gasteiger partial charge in [-0.1, -0.05) is 18.2 Å². The van der Waals surface area contributed by atoms with Crippen LogP contribution in [0.1, 0.15) is 36.8 Å². The van der Waals surface area contributed by atoms with Crippen molar-refractivity contribution >= 4 is 17.8 Å². The minimum atomic E-state index is -5.08. The third-order valence-corrected chi connectivity index (χ3v) is 7.22. The van der Waals surface area contributed by atoms with Gasteiger partial charge in [-0.2, -0.15) is 26.3 Å². The monoisotopic (exact) mass is 621 g/mol. The second-order valence-corrected chi connectivity index (χ2v) is 10.1. The minimum absolute atomic E-state index is 0.241. The van der Waals surface area contributed by atoms with E-state index in [1.165, 1.54) is 18.4 Å². The zero-order valence-corrected chi connectivity index (χ0v) is 23.3. The predicted octanol–water partition coefficient (Wildman–Crippen LogP) is 4.80. The predicted molar refractivity (Wildman–Crippen MR) is 141 cm³/mol. The average molecular weight is 622 g/mol. The molecule has 2 aliphatic rings. The number of nitrogens with zero attached hydrogens (tertiary/aromatic N) is 3. The number of ether oxygens (including phenoxy) is 1. The van der Waals surface area contributed by atoms with Crippen molar-refractivity contribution in [3.8, 4) is 5.75 Å². The fourth-order valence-electron chi connectivity index (χ4n) is 4.69. The lowest BCUT2D eigenvalue weighted by Gasteiger charge is -2.47. The number of methoxy groups -OCH3 is 1. The van der Waals surface area contributed by atoms with Crippen LogP contribution in [0.5, 0.6) is 5.75 Å². The molecule has 4 rings (SSSR count). The quantitative estimate of drug-likeness (QED) is 0.457. The van der Waals surface area contributed by atoms with Crippen molar-refractivity contribution in [3.63, 3.8) is 0 Å². The van der Waals surface area contributed by atoms with Crippen LogP contribution in [0, 0.1) is 5.41 Å². The fourth-order valence-corrected chi connectivity index (χ4v) is 4.69. The summed E-state index contributed by atoms with van der Waals surface area (Å²) < 4.78 is 68.7. The summed E-state index contributed by atoms with van der Waals surface area (Å²) in [4.78, 5) is 39.1. The number of carboxylic acids is 2. The van der Waals surface area contributed by atoms with E-state index in [1.807, 2.05) is 24.3 Å². The van der Waals surface area contributed by atoms with E-state index >= 15 is 0 Å². The van der Waals surface area contributed by atoms with Gasteiger partial charge in [0.1, 0.15) is 5.75 Å². The Balaban J connectivity index is 0.000000384. The highest BCUT2D eigenvalue weighted by Gasteiger charge is 2.39. The van der Waals surface area contributed by atoms with Crippen molar-refractivity contribution in [1.82, 2.24) is 14.8 Å². The van der Waals surface area contributed by atoms with Crippen LogP contribution in [-0.2, 0) is 27.3 Å². The van der Waals surface area contributed by atoms with Crippen molar-refractivity contribution in [1.29, 1.82) is 0 Å². The molecule has 1 aromatic carbocycles. The second-order valence-electron chi connectivity index (χ2n) is 10.1. The number of piperidine rings is 2. The normalized spacial score (nSPS) is 16.7. The number of benzene rings is 1. The molecular weight excluding hydrogens is 588 g/mol. The van der Waals surface area contributed by atoms with Gasteiger partial charge in [0.25, 0.3) is 0 Å². The smallest absolute Gasteiger partial charge is 0.490 e. The van der Waals surface area contributed by atoms with Crippen LogP contribution in [0.4, 0.5) is 26.3 Å². The van der Waals surface area contributed by atoms with Crippen molar-refractivity contribution in [2.45, 2.75) is 51.0 Å². The third-order valence-electron chi connectivity index (χ3n) is 7.22. The maximum Gasteiger partial charge on any atom is 0.490 e. The highest BCUT2D eigenvalue weighted by Crippen LogP contribution is 2.41. The number of amides is 1. The number of aromatic nitrogens is 1. The van der Waals surface area contributed by atoms with Crippen molar-refractivity contribution in [3.05, 3.63) is 59.9 Å². The first-order valence-corrected chi connectivity index (χ1v) is 13.2. The van der Waals surface area contributed by atoms with Crippen LogP contribution in [0.3, 0.4) is 0 Å². The molecule has 0 bridgehead atoms. The Morgan fingerprint density at radius 2 is 1.33 bits per heavy atom. The SMILES string of the molecule is COc1ccc(CN2CCC3(CC2)CCN(C(=O)Cc2cccnc2)CC3)cc1.O=C(O)C(F)(F)F.O=C(O)C(F)(F)F. The summed E-state index contributed by atoms with van der Waals surface area (Å²) in [5, 5.41) is 14.2. The number of carbonyl (C=O) groups is 3. The van der Waals surface area contributed by atoms with E-state index in [2.05, 4.69) is 26.9 Å². The molecular formula is C28H33F6N3O6. The topological polar surface area (TPSA) is 120 Å². The van der Waals surface area contributed by atoms with Gasteiger partial charge in [0.2, 0.25) is 5.91 Å². The number of likely N-dealkylation sites (tertiary alicyclic amines) is 2. The molecule has 3 heterocycles. The molecule has 2 N–H and O–H groups in total. The molecule has 9 nitrogen and oxygen atoms in total. The Morgan fingerprint density at radius 3 is 1.74 bits per heavy atom. The molecule has 0 atom stereocenters. The number of hydrogen-bond donors (Lipinski definition) is 2. The van der Waals surface area contributed by atoms with Crippen molar-refractivity contribution in [2.24, 2.45) is 5.41 Å². The second kappa shape index (κ2) is 15.5. The van der Waals surface area contributed by atoms with Crippen LogP contribution >= 0.6 is 0 Å². The van der Waals surface area contributed by atoms with E-state index in [0.717, 1.165) is 56.9 Å². The molecule has 0 saturated carbocycles. The van der Waals surface area contributed by atoms with Gasteiger partial charge >= 0.3 is 24.3 Å². The number of rotatable bonds is 5. The number of hydrogen-bond acceptors (Lipinski definition) is 6. The average Bonchev–Trinajstić information content (AvgIpc) is 2.95. The summed E-state index contributed by atoms with van der Waals surface area (Å²) in [5.74, 6) is -4.36. The molecule has 1 aromatic heterocycles. The zero-order chi connectivity index (χ0) is 32.3. The Bertz CT molecular complexity index is 1150. The summed E-state index contributed by atoms with van der Waals surface area (Å²) in [5.41, 5.74) is 2.78. The summed E-state index contributed by atoms with van der Waals surface area (Å²) in [7, 11) is 1.71. The maximum absolute atomic E-state index is 12.6. The summed E-state index contributed by atoms with van der Waals surface area (Å²) in [6.45, 7) is 5.11. The molecule has 2 aliphatic heterocycles. The van der Waals surface area contributed by atoms with E-state index in [9.17, 15) is 31.1 Å². The number of aliphatic carboxylic acids is 2. The third kappa shape index (κ3) is 12.1. The molecule has 238 valence electrons. The Labute approximate surface area is 244 Å². The molecule has 0 aliphatic carbocycles. The Kier molecular flexibility index (Phi) is 12.8. The minimum Gasteiger partial charge on any atom is -0.497 e. The van der Waals surface area contributed by atoms with E-state index in [-0.39, 0.29) is 5.91 Å². The summed E-state index contributed by atoms with van der Waals surface area (Å²) >= 11 is 0. The van der Waals surface area contributed by atoms with Crippen molar-refractivity contribution in [2.75, 3.05) is 33.3 Å². The molecule has 1 amide bonds. The molecule has 15 heteroatoms. The van der Waals surface area contributed by atoms with Gasteiger partial charge in [0.15, 0.2) is 0 Å². The molecule has 2 saturated heterocycles. The van der Waals surface area contributed by atoms with E-state index in [4.69, 9.17) is 24.5 Å². The Hall–Kier alpha value is -3.88. The van der Waals surface area contributed by atoms with Crippen LogP contribution in [0.2, 0.25) is 0 Å². The summed E-state index contributed by atoms with van der Waals surface area (Å²) in [6.07, 6.45) is -1.39. The van der Waals surface area contributed by atoms with E-state index < -0.39 is 24.3 Å². The molecule has 0 unspecified atom stereocenters. The lowest BCUT2D eigenvalue weighted by Crippen LogP contribution is -2.48. The first kappa shape index (κ1) is 35.3. The number of halogens is 6. The number of carboxylic acid groups (broad SMARTS) is 2. The van der Waals surface area contributed by atoms with Crippen LogP contribution in [-0.4, -0.2) is 88.5 Å². The van der Waals surface area contributed by atoms with Gasteiger partial charge in [-0.25, -0.2) is 9.59 Å². The number of alkyl halides is 6. The lowest BCUT2D eigenvalue weighted by molar-refractivity contribution is -0.193. The van der Waals surface area contributed by atoms with Gasteiger partial charge in [-0.15, -0.1) is 0 Å². The standard InChI is InChI=1S/C24H31N3O2.2C2HF3O2/c1-29-22-6-4-20(5-7-22)19-26-13-8-24(9-14-26)10-15-27(16-11-24)23(28)17-21-3-2-12-25-18-21;2*3-2(4,5)1(6)7/h2-7,12,18H,8-11,13-17,19H2,1H3;2*(H,6,7). The van der Waals surface area contributed by atoms with Gasteiger partial charge in [-0.3, -0.25) is 14.7 Å². The van der Waals surface area contributed by atoms with E-state index in [1.54, 1.807) is 19.5 Å². The first-order chi connectivity index (χ1) is 20.0. The number of carbonyl (C=O) groups excluding carboxylic acids is 1. The molecule has 0 radical (unpaired) electrons. The van der Waals surface area contributed by atoms with E-state index in [0.29, 0.717) is 11.8 Å². The summed E-state index contributed by atoms with van der Waals surface area (Å²) in [6, 6.07) is 12.3. The fraction of sp³-hybridized carbons (Fsp3) is 0.500. The molecule has 43 heavy (non-hydrogen) atoms. The first-order valence-electron chi connectivity index (χ1n) is 13.2. The molecule has 1 spiro atoms. The van der Waals surface area contributed by atoms with Crippen LogP contribution in [0.15, 0.2) is 48.8 Å². The highest BCUT2D eigenvalue weighted by atomic mass is 19.4. The number of pyridine rings is 1. The van der Waals surface area contributed by atoms with Crippen LogP contribution < -0.4 is 4.74 Å². The molecule has 2 fully saturated rings. The zero-order valence-electron chi connectivity index (χ0n) is 23.3.